The molecule has 0 unspecified atom stereocenters. The highest BCUT2D eigenvalue weighted by molar-refractivity contribution is 7.18. The van der Waals surface area contributed by atoms with Gasteiger partial charge in [0.05, 0.1) is 5.69 Å². The smallest absolute Gasteiger partial charge is 0.284 e. The summed E-state index contributed by atoms with van der Waals surface area (Å²) >= 11 is 1.28. The third-order valence-electron chi connectivity index (χ3n) is 4.90. The van der Waals surface area contributed by atoms with Crippen LogP contribution in [-0.2, 0) is 0 Å². The Morgan fingerprint density at radius 2 is 1.88 bits per heavy atom. The third-order valence-corrected chi connectivity index (χ3v) is 5.79. The Bertz CT molecular complexity index is 973. The molecule has 1 aromatic carbocycles. The summed E-state index contributed by atoms with van der Waals surface area (Å²) in [4.78, 5) is 17.2. The predicted molar refractivity (Wildman–Crippen MR) is 95.2 cm³/mol. The van der Waals surface area contributed by atoms with Crippen molar-refractivity contribution in [1.82, 2.24) is 24.7 Å². The molecule has 0 bridgehead atoms. The standard InChI is InChI=1S/C17H17FN6OS/c18-12-3-1-2-4-13(12)22-7-9-23(10-8-22)16(25)15-21-24-14(11-5-6-11)19-20-17(24)26-15/h1-4,11H,5-10H2. The molecule has 2 aliphatic rings. The van der Waals surface area contributed by atoms with Crippen molar-refractivity contribution < 1.29 is 9.18 Å². The van der Waals surface area contributed by atoms with Gasteiger partial charge in [0.2, 0.25) is 9.97 Å². The van der Waals surface area contributed by atoms with Gasteiger partial charge in [-0.2, -0.15) is 4.52 Å². The topological polar surface area (TPSA) is 66.6 Å². The Morgan fingerprint density at radius 3 is 2.62 bits per heavy atom. The number of carbonyl (C=O) groups is 1. The minimum absolute atomic E-state index is 0.0876. The van der Waals surface area contributed by atoms with Crippen LogP contribution in [0.15, 0.2) is 24.3 Å². The number of carbonyl (C=O) groups excluding carboxylic acids is 1. The number of piperazine rings is 1. The largest absolute Gasteiger partial charge is 0.366 e. The molecule has 1 aliphatic carbocycles. The lowest BCUT2D eigenvalue weighted by atomic mass is 10.2. The van der Waals surface area contributed by atoms with Gasteiger partial charge < -0.3 is 9.80 Å². The Hall–Kier alpha value is -2.55. The summed E-state index contributed by atoms with van der Waals surface area (Å²) in [5.41, 5.74) is 0.590. The number of aromatic nitrogens is 4. The van der Waals surface area contributed by atoms with Crippen molar-refractivity contribution in [3.05, 3.63) is 40.9 Å². The van der Waals surface area contributed by atoms with E-state index in [1.807, 2.05) is 11.0 Å². The molecule has 9 heteroatoms. The van der Waals surface area contributed by atoms with Gasteiger partial charge in [0, 0.05) is 32.1 Å². The van der Waals surface area contributed by atoms with Crippen molar-refractivity contribution in [1.29, 1.82) is 0 Å². The first-order valence-electron chi connectivity index (χ1n) is 8.71. The zero-order valence-electron chi connectivity index (χ0n) is 14.0. The van der Waals surface area contributed by atoms with Crippen LogP contribution in [0.1, 0.15) is 34.4 Å². The first-order chi connectivity index (χ1) is 12.7. The fourth-order valence-electron chi connectivity index (χ4n) is 3.31. The third kappa shape index (κ3) is 2.63. The second-order valence-electron chi connectivity index (χ2n) is 6.66. The molecule has 5 rings (SSSR count). The van der Waals surface area contributed by atoms with E-state index in [-0.39, 0.29) is 11.7 Å². The first-order valence-corrected chi connectivity index (χ1v) is 9.53. The van der Waals surface area contributed by atoms with Gasteiger partial charge in [0.25, 0.3) is 5.91 Å². The number of amides is 1. The monoisotopic (exact) mass is 372 g/mol. The van der Waals surface area contributed by atoms with Crippen LogP contribution in [-0.4, -0.2) is 56.8 Å². The molecule has 1 saturated heterocycles. The zero-order chi connectivity index (χ0) is 17.7. The number of rotatable bonds is 3. The summed E-state index contributed by atoms with van der Waals surface area (Å²) in [5, 5.41) is 13.2. The molecule has 2 aromatic heterocycles. The Balaban J connectivity index is 1.30. The highest BCUT2D eigenvalue weighted by Crippen LogP contribution is 2.39. The van der Waals surface area contributed by atoms with Crippen LogP contribution in [0.3, 0.4) is 0 Å². The van der Waals surface area contributed by atoms with Crippen LogP contribution in [0.25, 0.3) is 4.96 Å². The number of para-hydroxylation sites is 1. The van der Waals surface area contributed by atoms with Gasteiger partial charge in [-0.15, -0.1) is 15.3 Å². The van der Waals surface area contributed by atoms with Crippen LogP contribution < -0.4 is 4.90 Å². The lowest BCUT2D eigenvalue weighted by Gasteiger charge is -2.35. The SMILES string of the molecule is O=C(c1nn2c(C3CC3)nnc2s1)N1CCN(c2ccccc2F)CC1. The number of anilines is 1. The molecule has 2 fully saturated rings. The Morgan fingerprint density at radius 1 is 1.12 bits per heavy atom. The maximum absolute atomic E-state index is 13.9. The van der Waals surface area contributed by atoms with Gasteiger partial charge in [-0.1, -0.05) is 23.5 Å². The molecule has 3 heterocycles. The van der Waals surface area contributed by atoms with E-state index in [0.717, 1.165) is 18.7 Å². The summed E-state index contributed by atoms with van der Waals surface area (Å²) < 4.78 is 15.7. The van der Waals surface area contributed by atoms with Crippen LogP contribution in [0.4, 0.5) is 10.1 Å². The molecule has 7 nitrogen and oxygen atoms in total. The van der Waals surface area contributed by atoms with Crippen molar-refractivity contribution in [2.24, 2.45) is 0 Å². The van der Waals surface area contributed by atoms with E-state index in [4.69, 9.17) is 0 Å². The maximum Gasteiger partial charge on any atom is 0.284 e. The van der Waals surface area contributed by atoms with Gasteiger partial charge in [0.15, 0.2) is 5.82 Å². The number of hydrogen-bond donors (Lipinski definition) is 0. The van der Waals surface area contributed by atoms with E-state index in [1.165, 1.54) is 17.4 Å². The molecular weight excluding hydrogens is 355 g/mol. The van der Waals surface area contributed by atoms with Crippen molar-refractivity contribution in [3.8, 4) is 0 Å². The van der Waals surface area contributed by atoms with Crippen molar-refractivity contribution in [3.63, 3.8) is 0 Å². The van der Waals surface area contributed by atoms with Gasteiger partial charge in [-0.3, -0.25) is 4.79 Å². The number of hydrogen-bond acceptors (Lipinski definition) is 6. The average Bonchev–Trinajstić information content (AvgIpc) is 3.29. The normalized spacial score (nSPS) is 17.9. The highest BCUT2D eigenvalue weighted by atomic mass is 32.1. The fraction of sp³-hybridized carbons (Fsp3) is 0.412. The molecular formula is C17H17FN6OS. The lowest BCUT2D eigenvalue weighted by Crippen LogP contribution is -2.49. The minimum Gasteiger partial charge on any atom is -0.366 e. The van der Waals surface area contributed by atoms with Crippen molar-refractivity contribution in [2.45, 2.75) is 18.8 Å². The molecule has 1 aliphatic heterocycles. The Labute approximate surface area is 153 Å². The van der Waals surface area contributed by atoms with Crippen LogP contribution in [0.5, 0.6) is 0 Å². The maximum atomic E-state index is 13.9. The average molecular weight is 372 g/mol. The second-order valence-corrected chi connectivity index (χ2v) is 7.62. The second kappa shape index (κ2) is 6.01. The van der Waals surface area contributed by atoms with Crippen LogP contribution >= 0.6 is 11.3 Å². The minimum atomic E-state index is -0.228. The molecule has 1 amide bonds. The van der Waals surface area contributed by atoms with Gasteiger partial charge >= 0.3 is 0 Å². The summed E-state index contributed by atoms with van der Waals surface area (Å²) in [6.45, 7) is 2.29. The summed E-state index contributed by atoms with van der Waals surface area (Å²) in [6.07, 6.45) is 2.22. The predicted octanol–water partition coefficient (Wildman–Crippen LogP) is 2.16. The van der Waals surface area contributed by atoms with Crippen LogP contribution in [0.2, 0.25) is 0 Å². The van der Waals surface area contributed by atoms with E-state index in [1.54, 1.807) is 21.5 Å². The van der Waals surface area contributed by atoms with Gasteiger partial charge in [-0.25, -0.2) is 4.39 Å². The number of halogens is 1. The number of fused-ring (bicyclic) bond motifs is 1. The number of benzene rings is 1. The number of nitrogens with zero attached hydrogens (tertiary/aromatic N) is 6. The molecule has 3 aromatic rings. The molecule has 0 atom stereocenters. The molecule has 1 saturated carbocycles. The Kier molecular flexibility index (Phi) is 3.63. The van der Waals surface area contributed by atoms with Crippen molar-refractivity contribution in [2.75, 3.05) is 31.1 Å². The highest BCUT2D eigenvalue weighted by Gasteiger charge is 2.31. The van der Waals surface area contributed by atoms with E-state index in [9.17, 15) is 9.18 Å². The lowest BCUT2D eigenvalue weighted by molar-refractivity contribution is 0.0745. The van der Waals surface area contributed by atoms with E-state index >= 15 is 0 Å². The van der Waals surface area contributed by atoms with E-state index in [2.05, 4.69) is 15.3 Å². The van der Waals surface area contributed by atoms with Crippen LogP contribution in [0, 0.1) is 5.82 Å². The van der Waals surface area contributed by atoms with Crippen molar-refractivity contribution >= 4 is 27.9 Å². The fourth-order valence-corrected chi connectivity index (χ4v) is 4.12. The van der Waals surface area contributed by atoms with Gasteiger partial charge in [-0.05, 0) is 25.0 Å². The quantitative estimate of drug-likeness (QED) is 0.705. The molecule has 0 spiro atoms. The van der Waals surface area contributed by atoms with E-state index in [0.29, 0.717) is 47.8 Å². The summed E-state index contributed by atoms with van der Waals surface area (Å²) in [6, 6.07) is 6.74. The first kappa shape index (κ1) is 15.7. The van der Waals surface area contributed by atoms with E-state index < -0.39 is 0 Å². The molecule has 134 valence electrons. The summed E-state index contributed by atoms with van der Waals surface area (Å²) in [5.74, 6) is 0.975. The van der Waals surface area contributed by atoms with Gasteiger partial charge in [0.1, 0.15) is 5.82 Å². The summed E-state index contributed by atoms with van der Waals surface area (Å²) in [7, 11) is 0. The molecule has 0 N–H and O–H groups in total. The zero-order valence-corrected chi connectivity index (χ0v) is 14.8. The molecule has 26 heavy (non-hydrogen) atoms. The molecule has 0 radical (unpaired) electrons.